The molecule has 0 saturated carbocycles. The summed E-state index contributed by atoms with van der Waals surface area (Å²) < 4.78 is 37.7. The van der Waals surface area contributed by atoms with Crippen LogP contribution in [0.25, 0.3) is 0 Å². The van der Waals surface area contributed by atoms with Crippen molar-refractivity contribution in [2.45, 2.75) is 11.3 Å². The van der Waals surface area contributed by atoms with Crippen LogP contribution in [0, 0.1) is 0 Å². The van der Waals surface area contributed by atoms with Crippen molar-refractivity contribution in [1.82, 2.24) is 10.0 Å². The quantitative estimate of drug-likeness (QED) is 0.348. The van der Waals surface area contributed by atoms with E-state index in [1.807, 2.05) is 0 Å². The van der Waals surface area contributed by atoms with Gasteiger partial charge in [-0.15, -0.1) is 0 Å². The first kappa shape index (κ1) is 23.7. The lowest BCUT2D eigenvalue weighted by Gasteiger charge is -2.16. The highest BCUT2D eigenvalue weighted by atomic mass is 35.5. The summed E-state index contributed by atoms with van der Waals surface area (Å²) in [7, 11) is 0.255. The molecule has 2 aromatic rings. The summed E-state index contributed by atoms with van der Waals surface area (Å²) in [4.78, 5) is 16.0. The first-order chi connectivity index (χ1) is 14.2. The van der Waals surface area contributed by atoms with Crippen LogP contribution in [0.5, 0.6) is 11.5 Å². The molecule has 0 unspecified atom stereocenters. The number of nitrogens with one attached hydrogen (secondary N) is 2. The highest BCUT2D eigenvalue weighted by Crippen LogP contribution is 2.25. The van der Waals surface area contributed by atoms with Crippen molar-refractivity contribution in [1.29, 1.82) is 0 Å². The normalized spacial score (nSPS) is 11.7. The van der Waals surface area contributed by atoms with Crippen LogP contribution in [0.15, 0.2) is 46.3 Å². The molecule has 11 heteroatoms. The maximum Gasteiger partial charge on any atom is 0.265 e. The summed E-state index contributed by atoms with van der Waals surface area (Å²) in [5, 5.41) is 3.02. The Hall–Kier alpha value is -2.56. The molecule has 2 N–H and O–H groups in total. The summed E-state index contributed by atoms with van der Waals surface area (Å²) in [6.07, 6.45) is 0.379. The molecule has 0 bridgehead atoms. The number of methoxy groups -OCH3 is 2. The van der Waals surface area contributed by atoms with Crippen LogP contribution >= 0.6 is 11.6 Å². The smallest absolute Gasteiger partial charge is 0.265 e. The Bertz CT molecular complexity index is 1060. The molecule has 0 radical (unpaired) electrons. The first-order valence-corrected chi connectivity index (χ1v) is 10.9. The molecule has 0 atom stereocenters. The van der Waals surface area contributed by atoms with Crippen LogP contribution in [0.4, 0.5) is 0 Å². The number of carbonyl (C=O) groups excluding carboxylic acids is 1. The predicted octanol–water partition coefficient (Wildman–Crippen LogP) is 2.14. The maximum atomic E-state index is 12.6. The molecule has 8 nitrogen and oxygen atoms in total. The van der Waals surface area contributed by atoms with Crippen molar-refractivity contribution < 1.29 is 22.7 Å². The van der Waals surface area contributed by atoms with E-state index in [1.54, 1.807) is 18.2 Å². The molecule has 0 saturated heterocycles. The van der Waals surface area contributed by atoms with Gasteiger partial charge >= 0.3 is 0 Å². The molecule has 2 rings (SSSR count). The fourth-order valence-corrected chi connectivity index (χ4v) is 4.23. The van der Waals surface area contributed by atoms with Gasteiger partial charge in [0.25, 0.3) is 15.9 Å². The van der Waals surface area contributed by atoms with Gasteiger partial charge in [0.15, 0.2) is 0 Å². The number of aliphatic imine (C=N–C) groups is 1. The lowest BCUT2D eigenvalue weighted by atomic mass is 10.1. The Balaban J connectivity index is 2.15. The molecule has 0 aliphatic heterocycles. The number of amides is 1. The monoisotopic (exact) mass is 470 g/mol. The second-order valence-electron chi connectivity index (χ2n) is 5.97. The van der Waals surface area contributed by atoms with E-state index in [1.165, 1.54) is 39.5 Å². The van der Waals surface area contributed by atoms with Crippen molar-refractivity contribution in [3.05, 3.63) is 52.5 Å². The lowest BCUT2D eigenvalue weighted by Crippen LogP contribution is -2.29. The van der Waals surface area contributed by atoms with Gasteiger partial charge in [-0.25, -0.2) is 8.42 Å². The minimum atomic E-state index is -3.96. The van der Waals surface area contributed by atoms with Crippen LogP contribution in [0.3, 0.4) is 0 Å². The Morgan fingerprint density at radius 2 is 1.80 bits per heavy atom. The van der Waals surface area contributed by atoms with E-state index in [4.69, 9.17) is 33.7 Å². The van der Waals surface area contributed by atoms with Crippen LogP contribution in [0.2, 0.25) is 5.02 Å². The van der Waals surface area contributed by atoms with Gasteiger partial charge in [-0.2, -0.15) is 0 Å². The van der Waals surface area contributed by atoms with Crippen molar-refractivity contribution in [2.24, 2.45) is 4.99 Å². The Labute approximate surface area is 186 Å². The van der Waals surface area contributed by atoms with Gasteiger partial charge in [-0.3, -0.25) is 14.5 Å². The van der Waals surface area contributed by atoms with Gasteiger partial charge in [0.2, 0.25) is 0 Å². The van der Waals surface area contributed by atoms with Gasteiger partial charge in [-0.05, 0) is 47.5 Å². The van der Waals surface area contributed by atoms with Crippen molar-refractivity contribution in [3.8, 4) is 11.5 Å². The first-order valence-electron chi connectivity index (χ1n) is 8.67. The van der Waals surface area contributed by atoms with Crippen LogP contribution in [-0.2, 0) is 29.1 Å². The molecule has 0 heterocycles. The number of amidine groups is 1. The van der Waals surface area contributed by atoms with Crippen LogP contribution in [0.1, 0.15) is 15.9 Å². The van der Waals surface area contributed by atoms with Gasteiger partial charge in [0.05, 0.1) is 19.8 Å². The largest absolute Gasteiger partial charge is 0.742 e. The van der Waals surface area contributed by atoms with Crippen molar-refractivity contribution >= 4 is 45.3 Å². The molecule has 0 fully saturated rings. The molecule has 0 aromatic heterocycles. The van der Waals surface area contributed by atoms with Crippen LogP contribution in [-0.4, -0.2) is 47.3 Å². The van der Waals surface area contributed by atoms with Gasteiger partial charge < -0.3 is 27.4 Å². The van der Waals surface area contributed by atoms with Crippen molar-refractivity contribution in [2.75, 3.05) is 27.8 Å². The molecule has 162 valence electrons. The van der Waals surface area contributed by atoms with Gasteiger partial charge in [0.1, 0.15) is 16.4 Å². The molecule has 0 aliphatic rings. The van der Waals surface area contributed by atoms with E-state index < -0.39 is 10.0 Å². The molecular weight excluding hydrogens is 450 g/mol. The average Bonchev–Trinajstić information content (AvgIpc) is 2.73. The number of nitrogens with zero attached hydrogens (tertiary/aromatic N) is 1. The molecule has 30 heavy (non-hydrogen) atoms. The lowest BCUT2D eigenvalue weighted by molar-refractivity contribution is 0.0951. The number of benzene rings is 2. The third-order valence-corrected chi connectivity index (χ3v) is 6.06. The topological polar surface area (TPSA) is 106 Å². The van der Waals surface area contributed by atoms with E-state index in [0.29, 0.717) is 28.3 Å². The van der Waals surface area contributed by atoms with Crippen molar-refractivity contribution in [3.63, 3.8) is 0 Å². The van der Waals surface area contributed by atoms with Gasteiger partial charge in [-0.1, -0.05) is 17.7 Å². The second kappa shape index (κ2) is 10.5. The number of halogens is 1. The average molecular weight is 471 g/mol. The molecule has 0 spiro atoms. The number of sulfonamides is 1. The highest BCUT2D eigenvalue weighted by molar-refractivity contribution is 7.92. The zero-order valence-corrected chi connectivity index (χ0v) is 19.0. The molecular formula is C19H21ClN3O5S2-. The Morgan fingerprint density at radius 3 is 2.43 bits per heavy atom. The molecule has 1 amide bonds. The molecule has 0 aliphatic carbocycles. The number of carbonyl (C=O) groups is 1. The molecule has 2 aromatic carbocycles. The summed E-state index contributed by atoms with van der Waals surface area (Å²) in [6, 6.07) is 9.47. The van der Waals surface area contributed by atoms with E-state index in [9.17, 15) is 13.2 Å². The summed E-state index contributed by atoms with van der Waals surface area (Å²) in [5.74, 6) is 0.211. The maximum absolute atomic E-state index is 12.6. The standard InChI is InChI=1S/C19H22ClN3O5S2/c1-21-19(29)23-30(25,26)17-10-12(4-6-16(17)28-3)8-9-22-18(24)14-11-13(20)5-7-15(14)27-2/h4-7,10-11H,8-9H2,1-3H3,(H,22,24)(H2,21,23,29)/p-1. The summed E-state index contributed by atoms with van der Waals surface area (Å²) in [5.41, 5.74) is 0.984. The fraction of sp³-hybridized carbons (Fsp3) is 0.263. The minimum Gasteiger partial charge on any atom is -0.742 e. The third kappa shape index (κ3) is 5.97. The minimum absolute atomic E-state index is 0.0728. The predicted molar refractivity (Wildman–Crippen MR) is 118 cm³/mol. The number of ether oxygens (including phenoxy) is 2. The zero-order valence-electron chi connectivity index (χ0n) is 16.6. The fourth-order valence-electron chi connectivity index (χ4n) is 2.58. The highest BCUT2D eigenvalue weighted by Gasteiger charge is 2.20. The Morgan fingerprint density at radius 1 is 1.13 bits per heavy atom. The number of hydrogen-bond acceptors (Lipinski definition) is 7. The van der Waals surface area contributed by atoms with Crippen LogP contribution < -0.4 is 19.5 Å². The van der Waals surface area contributed by atoms with E-state index in [-0.39, 0.29) is 28.3 Å². The zero-order chi connectivity index (χ0) is 22.3. The van der Waals surface area contributed by atoms with E-state index in [2.05, 4.69) is 15.0 Å². The van der Waals surface area contributed by atoms with Gasteiger partial charge in [0, 0.05) is 18.6 Å². The summed E-state index contributed by atoms with van der Waals surface area (Å²) in [6.45, 7) is 0.260. The second-order valence-corrected chi connectivity index (χ2v) is 8.44. The number of hydrogen-bond donors (Lipinski definition) is 2. The Kier molecular flexibility index (Phi) is 8.27. The number of rotatable bonds is 8. The summed E-state index contributed by atoms with van der Waals surface area (Å²) >= 11 is 10.8. The van der Waals surface area contributed by atoms with E-state index >= 15 is 0 Å². The van der Waals surface area contributed by atoms with E-state index in [0.717, 1.165) is 0 Å². The SMILES string of the molecule is CN=C([S-])NS(=O)(=O)c1cc(CCNC(=O)c2cc(Cl)ccc2OC)ccc1OC. The third-order valence-electron chi connectivity index (χ3n) is 4.05.